The number of fused-ring (bicyclic) bond motifs is 2. The molecule has 0 radical (unpaired) electrons. The van der Waals surface area contributed by atoms with E-state index in [0.29, 0.717) is 0 Å². The van der Waals surface area contributed by atoms with Crippen molar-refractivity contribution < 1.29 is 14.3 Å². The maximum absolute atomic E-state index is 13.2. The summed E-state index contributed by atoms with van der Waals surface area (Å²) in [4.78, 5) is 26.5. The maximum atomic E-state index is 13.2. The highest BCUT2D eigenvalue weighted by atomic mass is 16.6. The summed E-state index contributed by atoms with van der Waals surface area (Å²) < 4.78 is 5.54. The molecule has 1 saturated heterocycles. The number of hydrogen-bond acceptors (Lipinski definition) is 3. The molecule has 2 aromatic carbocycles. The van der Waals surface area contributed by atoms with Crippen LogP contribution in [-0.4, -0.2) is 23.3 Å². The molecule has 2 aromatic rings. The number of rotatable bonds is 2. The van der Waals surface area contributed by atoms with Gasteiger partial charge in [0.05, 0.1) is 5.41 Å². The molecule has 0 spiro atoms. The second-order valence-corrected chi connectivity index (χ2v) is 8.01. The average Bonchev–Trinajstić information content (AvgIpc) is 3.47. The van der Waals surface area contributed by atoms with E-state index in [4.69, 9.17) is 4.74 Å². The molecule has 5 atom stereocenters. The first-order chi connectivity index (χ1) is 11.9. The monoisotopic (exact) mass is 332 g/mol. The summed E-state index contributed by atoms with van der Waals surface area (Å²) in [5, 5.41) is 0. The Balaban J connectivity index is 1.78. The maximum Gasteiger partial charge on any atom is 0.172 e. The number of epoxide rings is 1. The Kier molecular flexibility index (Phi) is 2.57. The summed E-state index contributed by atoms with van der Waals surface area (Å²) in [6.07, 6.45) is -0.572. The highest BCUT2D eigenvalue weighted by Gasteiger charge is 2.90. The third kappa shape index (κ3) is 1.48. The summed E-state index contributed by atoms with van der Waals surface area (Å²) in [7, 11) is 0. The van der Waals surface area contributed by atoms with Gasteiger partial charge >= 0.3 is 0 Å². The second-order valence-electron chi connectivity index (χ2n) is 8.01. The Hall–Kier alpha value is -2.26. The standard InChI is InChI=1S/C22H20O3/c1-13-9-11-15(12-10-13)22(14-7-5-4-6-8-14)16-17(23)21(3)19(25-21)18(24)20(16,22)2/h4-12,16,19H,1-3H3/t16-,19?,20+,21?,22-/m1/s1. The quantitative estimate of drug-likeness (QED) is 0.793. The smallest absolute Gasteiger partial charge is 0.172 e. The molecular weight excluding hydrogens is 312 g/mol. The number of carbonyl (C=O) groups excluding carboxylic acids is 2. The van der Waals surface area contributed by atoms with Crippen LogP contribution in [0, 0.1) is 18.3 Å². The second kappa shape index (κ2) is 4.28. The van der Waals surface area contributed by atoms with E-state index in [-0.39, 0.29) is 17.5 Å². The Morgan fingerprint density at radius 3 is 2.08 bits per heavy atom. The molecule has 0 aromatic heterocycles. The largest absolute Gasteiger partial charge is 0.350 e. The van der Waals surface area contributed by atoms with Crippen molar-refractivity contribution in [2.75, 3.05) is 0 Å². The van der Waals surface area contributed by atoms with Crippen LogP contribution in [0.2, 0.25) is 0 Å². The third-order valence-corrected chi connectivity index (χ3v) is 6.79. The lowest BCUT2D eigenvalue weighted by Crippen LogP contribution is -2.39. The van der Waals surface area contributed by atoms with Gasteiger partial charge in [0.15, 0.2) is 23.3 Å². The highest BCUT2D eigenvalue weighted by molar-refractivity contribution is 6.17. The van der Waals surface area contributed by atoms with Crippen molar-refractivity contribution in [3.05, 3.63) is 71.3 Å². The van der Waals surface area contributed by atoms with Gasteiger partial charge in [-0.25, -0.2) is 0 Å². The zero-order valence-corrected chi connectivity index (χ0v) is 14.6. The van der Waals surface area contributed by atoms with Crippen LogP contribution in [0.15, 0.2) is 54.6 Å². The van der Waals surface area contributed by atoms with Crippen LogP contribution < -0.4 is 0 Å². The van der Waals surface area contributed by atoms with Gasteiger partial charge < -0.3 is 4.74 Å². The van der Waals surface area contributed by atoms with Crippen molar-refractivity contribution in [3.8, 4) is 0 Å². The summed E-state index contributed by atoms with van der Waals surface area (Å²) in [5.74, 6) is -0.214. The van der Waals surface area contributed by atoms with Crippen molar-refractivity contribution in [1.29, 1.82) is 0 Å². The van der Waals surface area contributed by atoms with Gasteiger partial charge in [0.2, 0.25) is 0 Å². The van der Waals surface area contributed by atoms with Crippen molar-refractivity contribution in [2.45, 2.75) is 37.9 Å². The fourth-order valence-corrected chi connectivity index (χ4v) is 5.29. The normalized spacial score (nSPS) is 41.1. The first kappa shape index (κ1) is 15.0. The minimum atomic E-state index is -0.914. The topological polar surface area (TPSA) is 46.7 Å². The van der Waals surface area contributed by atoms with Gasteiger partial charge in [0.25, 0.3) is 0 Å². The molecule has 2 unspecified atom stereocenters. The van der Waals surface area contributed by atoms with E-state index < -0.39 is 22.5 Å². The van der Waals surface area contributed by atoms with Crippen LogP contribution in [0.5, 0.6) is 0 Å². The lowest BCUT2D eigenvalue weighted by atomic mass is 9.78. The first-order valence-electron chi connectivity index (χ1n) is 8.77. The number of ether oxygens (including phenoxy) is 1. The predicted octanol–water partition coefficient (Wildman–Crippen LogP) is 3.23. The van der Waals surface area contributed by atoms with E-state index >= 15 is 0 Å². The molecule has 1 heterocycles. The Morgan fingerprint density at radius 2 is 1.44 bits per heavy atom. The summed E-state index contributed by atoms with van der Waals surface area (Å²) in [5.41, 5.74) is 1.01. The van der Waals surface area contributed by atoms with Crippen molar-refractivity contribution in [1.82, 2.24) is 0 Å². The molecule has 3 aliphatic rings. The number of carbonyl (C=O) groups is 2. The van der Waals surface area contributed by atoms with Gasteiger partial charge in [0.1, 0.15) is 0 Å². The molecule has 3 heteroatoms. The molecule has 126 valence electrons. The Morgan fingerprint density at radius 1 is 0.840 bits per heavy atom. The van der Waals surface area contributed by atoms with Gasteiger partial charge in [-0.3, -0.25) is 9.59 Å². The number of hydrogen-bond donors (Lipinski definition) is 0. The van der Waals surface area contributed by atoms with E-state index in [1.54, 1.807) is 6.92 Å². The van der Waals surface area contributed by atoms with E-state index in [0.717, 1.165) is 16.7 Å². The summed E-state index contributed by atoms with van der Waals surface area (Å²) in [6.45, 7) is 5.76. The summed E-state index contributed by atoms with van der Waals surface area (Å²) >= 11 is 0. The fraction of sp³-hybridized carbons (Fsp3) is 0.364. The molecule has 0 amide bonds. The Labute approximate surface area is 147 Å². The first-order valence-corrected chi connectivity index (χ1v) is 8.77. The molecule has 25 heavy (non-hydrogen) atoms. The number of aryl methyl sites for hydroxylation is 1. The lowest BCUT2D eigenvalue weighted by molar-refractivity contribution is -0.132. The van der Waals surface area contributed by atoms with Crippen LogP contribution in [0.3, 0.4) is 0 Å². The molecule has 3 nitrogen and oxygen atoms in total. The lowest BCUT2D eigenvalue weighted by Gasteiger charge is -2.23. The van der Waals surface area contributed by atoms with Crippen LogP contribution in [-0.2, 0) is 19.7 Å². The van der Waals surface area contributed by atoms with Crippen LogP contribution >= 0.6 is 0 Å². The summed E-state index contributed by atoms with van der Waals surface area (Å²) in [6, 6.07) is 18.3. The SMILES string of the molecule is Cc1ccc([C@]2(c3ccccc3)[C@@H]3C(=O)C4(C)OC4C(=O)[C@]32C)cc1. The van der Waals surface area contributed by atoms with Gasteiger partial charge in [-0.1, -0.05) is 67.1 Å². The van der Waals surface area contributed by atoms with Crippen LogP contribution in [0.25, 0.3) is 0 Å². The minimum Gasteiger partial charge on any atom is -0.350 e. The number of ketones is 2. The highest BCUT2D eigenvalue weighted by Crippen LogP contribution is 2.78. The molecular formula is C22H20O3. The Bertz CT molecular complexity index is 914. The van der Waals surface area contributed by atoms with E-state index in [2.05, 4.69) is 24.3 Å². The van der Waals surface area contributed by atoms with E-state index in [1.807, 2.05) is 44.2 Å². The predicted molar refractivity (Wildman–Crippen MR) is 93.3 cm³/mol. The van der Waals surface area contributed by atoms with Gasteiger partial charge in [-0.05, 0) is 25.0 Å². The molecule has 5 rings (SSSR count). The molecule has 2 saturated carbocycles. The zero-order valence-electron chi connectivity index (χ0n) is 14.6. The van der Waals surface area contributed by atoms with Crippen molar-refractivity contribution >= 4 is 11.6 Å². The average molecular weight is 332 g/mol. The van der Waals surface area contributed by atoms with E-state index in [1.165, 1.54) is 0 Å². The van der Waals surface area contributed by atoms with Gasteiger partial charge in [-0.2, -0.15) is 0 Å². The van der Waals surface area contributed by atoms with Crippen molar-refractivity contribution in [3.63, 3.8) is 0 Å². The fourth-order valence-electron chi connectivity index (χ4n) is 5.29. The van der Waals surface area contributed by atoms with Crippen molar-refractivity contribution in [2.24, 2.45) is 11.3 Å². The number of Topliss-reactive ketones (excluding diaryl/α,β-unsaturated/α-hetero) is 2. The van der Waals surface area contributed by atoms with Crippen LogP contribution in [0.4, 0.5) is 0 Å². The third-order valence-electron chi connectivity index (χ3n) is 6.79. The molecule has 0 N–H and O–H groups in total. The van der Waals surface area contributed by atoms with Gasteiger partial charge in [-0.15, -0.1) is 0 Å². The zero-order chi connectivity index (χ0) is 17.6. The molecule has 1 aliphatic heterocycles. The molecule has 3 fully saturated rings. The number of benzene rings is 2. The van der Waals surface area contributed by atoms with E-state index in [9.17, 15) is 9.59 Å². The van der Waals surface area contributed by atoms with Crippen LogP contribution in [0.1, 0.15) is 30.5 Å². The minimum absolute atomic E-state index is 0.0732. The molecule has 2 aliphatic carbocycles. The van der Waals surface area contributed by atoms with Gasteiger partial charge in [0, 0.05) is 11.3 Å². The molecule has 0 bridgehead atoms.